The minimum atomic E-state index is -0.273. The van der Waals surface area contributed by atoms with Crippen LogP contribution in [0.4, 0.5) is 5.69 Å². The molecule has 0 saturated heterocycles. The fourth-order valence-electron chi connectivity index (χ4n) is 2.62. The van der Waals surface area contributed by atoms with E-state index in [0.717, 1.165) is 0 Å². The molecule has 3 heterocycles. The fourth-order valence-corrected chi connectivity index (χ4v) is 2.62. The first-order valence-corrected chi connectivity index (χ1v) is 8.46. The second-order valence-electron chi connectivity index (χ2n) is 5.96. The van der Waals surface area contributed by atoms with Crippen LogP contribution in [0.25, 0.3) is 5.82 Å². The van der Waals surface area contributed by atoms with Gasteiger partial charge in [0.2, 0.25) is 5.88 Å². The van der Waals surface area contributed by atoms with Gasteiger partial charge in [-0.15, -0.1) is 10.2 Å². The molecule has 9 heteroatoms. The van der Waals surface area contributed by atoms with Crippen LogP contribution in [0.3, 0.4) is 0 Å². The van der Waals surface area contributed by atoms with Gasteiger partial charge in [0.05, 0.1) is 5.69 Å². The SMILES string of the molecule is Cc1noc(C)c1C(=O)Nc1ccc(Oc2ccc(-n3cccn3)nn2)cc1. The number of anilines is 1. The van der Waals surface area contributed by atoms with Gasteiger partial charge in [-0.05, 0) is 50.2 Å². The summed E-state index contributed by atoms with van der Waals surface area (Å²) >= 11 is 0. The first-order valence-electron chi connectivity index (χ1n) is 8.46. The molecule has 9 nitrogen and oxygen atoms in total. The number of nitrogens with zero attached hydrogens (tertiary/aromatic N) is 5. The van der Waals surface area contributed by atoms with E-state index in [9.17, 15) is 4.79 Å². The highest BCUT2D eigenvalue weighted by molar-refractivity contribution is 6.05. The molecule has 0 atom stereocenters. The summed E-state index contributed by atoms with van der Waals surface area (Å²) in [5.41, 5.74) is 1.61. The molecule has 1 N–H and O–H groups in total. The predicted molar refractivity (Wildman–Crippen MR) is 99.6 cm³/mol. The Hall–Kier alpha value is -4.01. The zero-order valence-electron chi connectivity index (χ0n) is 15.2. The number of carbonyl (C=O) groups is 1. The molecule has 0 unspecified atom stereocenters. The van der Waals surface area contributed by atoms with Crippen LogP contribution < -0.4 is 10.1 Å². The van der Waals surface area contributed by atoms with E-state index >= 15 is 0 Å². The summed E-state index contributed by atoms with van der Waals surface area (Å²) in [4.78, 5) is 12.4. The molecule has 4 rings (SSSR count). The first-order chi connectivity index (χ1) is 13.6. The summed E-state index contributed by atoms with van der Waals surface area (Å²) in [6, 6.07) is 12.2. The minimum Gasteiger partial charge on any atom is -0.438 e. The number of carbonyl (C=O) groups excluding carboxylic acids is 1. The lowest BCUT2D eigenvalue weighted by Crippen LogP contribution is -2.13. The maximum Gasteiger partial charge on any atom is 0.261 e. The summed E-state index contributed by atoms with van der Waals surface area (Å²) in [6.45, 7) is 3.42. The Morgan fingerprint density at radius 3 is 2.54 bits per heavy atom. The van der Waals surface area contributed by atoms with Crippen LogP contribution in [-0.4, -0.2) is 31.0 Å². The molecule has 0 radical (unpaired) electrons. The monoisotopic (exact) mass is 376 g/mol. The molecule has 0 bridgehead atoms. The van der Waals surface area contributed by atoms with Crippen LogP contribution in [0, 0.1) is 13.8 Å². The number of hydrogen-bond acceptors (Lipinski definition) is 7. The number of aryl methyl sites for hydroxylation is 2. The van der Waals surface area contributed by atoms with E-state index in [1.165, 1.54) is 0 Å². The van der Waals surface area contributed by atoms with Crippen LogP contribution in [0.2, 0.25) is 0 Å². The van der Waals surface area contributed by atoms with E-state index in [2.05, 4.69) is 25.8 Å². The van der Waals surface area contributed by atoms with Gasteiger partial charge in [0.15, 0.2) is 5.82 Å². The Kier molecular flexibility index (Phi) is 4.55. The van der Waals surface area contributed by atoms with E-state index in [4.69, 9.17) is 9.26 Å². The number of ether oxygens (including phenoxy) is 1. The normalized spacial score (nSPS) is 10.6. The summed E-state index contributed by atoms with van der Waals surface area (Å²) < 4.78 is 12.3. The van der Waals surface area contributed by atoms with Gasteiger partial charge >= 0.3 is 0 Å². The van der Waals surface area contributed by atoms with Crippen molar-refractivity contribution in [3.63, 3.8) is 0 Å². The van der Waals surface area contributed by atoms with Crippen LogP contribution in [0.1, 0.15) is 21.8 Å². The molecule has 3 aromatic heterocycles. The Morgan fingerprint density at radius 1 is 1.11 bits per heavy atom. The van der Waals surface area contributed by atoms with Crippen molar-refractivity contribution in [2.45, 2.75) is 13.8 Å². The Balaban J connectivity index is 1.41. The molecular formula is C19H16N6O3. The van der Waals surface area contributed by atoms with Gasteiger partial charge in [-0.25, -0.2) is 4.68 Å². The van der Waals surface area contributed by atoms with Gasteiger partial charge in [0, 0.05) is 24.1 Å². The fraction of sp³-hybridized carbons (Fsp3) is 0.105. The highest BCUT2D eigenvalue weighted by atomic mass is 16.5. The van der Waals surface area contributed by atoms with Gasteiger partial charge in [-0.2, -0.15) is 5.10 Å². The standard InChI is InChI=1S/C19H16N6O3/c1-12-18(13(2)28-24-12)19(26)21-14-4-6-15(7-5-14)27-17-9-8-16(22-23-17)25-11-3-10-20-25/h3-11H,1-2H3,(H,21,26). The molecule has 0 fully saturated rings. The maximum absolute atomic E-state index is 12.4. The number of rotatable bonds is 5. The lowest BCUT2D eigenvalue weighted by molar-refractivity contribution is 0.102. The minimum absolute atomic E-state index is 0.273. The van der Waals surface area contributed by atoms with E-state index in [-0.39, 0.29) is 5.91 Å². The predicted octanol–water partition coefficient (Wildman–Crippen LogP) is 3.31. The van der Waals surface area contributed by atoms with Gasteiger partial charge in [0.25, 0.3) is 5.91 Å². The van der Waals surface area contributed by atoms with Gasteiger partial charge in [-0.1, -0.05) is 5.16 Å². The van der Waals surface area contributed by atoms with Gasteiger partial charge in [0.1, 0.15) is 17.1 Å². The van der Waals surface area contributed by atoms with Crippen LogP contribution in [0.5, 0.6) is 11.6 Å². The molecular weight excluding hydrogens is 360 g/mol. The quantitative estimate of drug-likeness (QED) is 0.569. The number of aromatic nitrogens is 5. The summed E-state index contributed by atoms with van der Waals surface area (Å²) in [6.07, 6.45) is 3.44. The van der Waals surface area contributed by atoms with E-state index < -0.39 is 0 Å². The first kappa shape index (κ1) is 17.4. The zero-order valence-corrected chi connectivity index (χ0v) is 15.2. The average molecular weight is 376 g/mol. The van der Waals surface area contributed by atoms with Crippen molar-refractivity contribution in [2.75, 3.05) is 5.32 Å². The highest BCUT2D eigenvalue weighted by Gasteiger charge is 2.17. The maximum atomic E-state index is 12.4. The molecule has 0 aliphatic rings. The summed E-state index contributed by atoms with van der Waals surface area (Å²) in [5.74, 6) is 1.71. The average Bonchev–Trinajstić information content (AvgIpc) is 3.34. The molecule has 0 aliphatic carbocycles. The van der Waals surface area contributed by atoms with Crippen molar-refractivity contribution in [3.05, 3.63) is 71.9 Å². The Morgan fingerprint density at radius 2 is 1.93 bits per heavy atom. The van der Waals surface area contributed by atoms with E-state index in [1.807, 2.05) is 0 Å². The molecule has 0 aliphatic heterocycles. The van der Waals surface area contributed by atoms with Crippen molar-refractivity contribution < 1.29 is 14.1 Å². The Bertz CT molecular complexity index is 1070. The molecule has 4 aromatic rings. The lowest BCUT2D eigenvalue weighted by atomic mass is 10.2. The summed E-state index contributed by atoms with van der Waals surface area (Å²) in [5, 5.41) is 18.8. The molecule has 1 aromatic carbocycles. The number of benzene rings is 1. The lowest BCUT2D eigenvalue weighted by Gasteiger charge is -2.07. The van der Waals surface area contributed by atoms with Crippen LogP contribution in [-0.2, 0) is 0 Å². The Labute approximate surface area is 160 Å². The third kappa shape index (κ3) is 3.58. The van der Waals surface area contributed by atoms with Crippen molar-refractivity contribution in [1.82, 2.24) is 25.1 Å². The second-order valence-corrected chi connectivity index (χ2v) is 5.96. The number of nitrogens with one attached hydrogen (secondary N) is 1. The van der Waals surface area contributed by atoms with Crippen molar-refractivity contribution in [1.29, 1.82) is 0 Å². The third-order valence-electron chi connectivity index (χ3n) is 3.96. The number of hydrogen-bond donors (Lipinski definition) is 1. The molecule has 0 spiro atoms. The van der Waals surface area contributed by atoms with Crippen LogP contribution in [0.15, 0.2) is 59.4 Å². The largest absolute Gasteiger partial charge is 0.438 e. The van der Waals surface area contributed by atoms with Gasteiger partial charge in [-0.3, -0.25) is 4.79 Å². The molecule has 28 heavy (non-hydrogen) atoms. The van der Waals surface area contributed by atoms with E-state index in [0.29, 0.717) is 40.2 Å². The van der Waals surface area contributed by atoms with Crippen molar-refractivity contribution in [2.24, 2.45) is 0 Å². The number of amides is 1. The van der Waals surface area contributed by atoms with E-state index in [1.54, 1.807) is 73.4 Å². The van der Waals surface area contributed by atoms with Crippen molar-refractivity contribution in [3.8, 4) is 17.4 Å². The topological polar surface area (TPSA) is 108 Å². The highest BCUT2D eigenvalue weighted by Crippen LogP contribution is 2.22. The van der Waals surface area contributed by atoms with Gasteiger partial charge < -0.3 is 14.6 Å². The molecule has 140 valence electrons. The van der Waals surface area contributed by atoms with Crippen molar-refractivity contribution >= 4 is 11.6 Å². The smallest absolute Gasteiger partial charge is 0.261 e. The molecule has 0 saturated carbocycles. The summed E-state index contributed by atoms with van der Waals surface area (Å²) in [7, 11) is 0. The second kappa shape index (κ2) is 7.31. The third-order valence-corrected chi connectivity index (χ3v) is 3.96. The zero-order chi connectivity index (χ0) is 19.5. The molecule has 1 amide bonds. The van der Waals surface area contributed by atoms with Crippen LogP contribution >= 0.6 is 0 Å².